The lowest BCUT2D eigenvalue weighted by Gasteiger charge is -2.25. The maximum Gasteiger partial charge on any atom is 0.401 e. The van der Waals surface area contributed by atoms with E-state index in [1.807, 2.05) is 12.1 Å². The van der Waals surface area contributed by atoms with Crippen LogP contribution in [-0.2, 0) is 0 Å². The molecule has 0 unspecified atom stereocenters. The Morgan fingerprint density at radius 1 is 1.27 bits per heavy atom. The summed E-state index contributed by atoms with van der Waals surface area (Å²) >= 11 is 9.97. The van der Waals surface area contributed by atoms with Gasteiger partial charge in [0, 0.05) is 16.6 Å². The largest absolute Gasteiger partial charge is 0.469 e. The molecule has 0 amide bonds. The van der Waals surface area contributed by atoms with Gasteiger partial charge in [0.15, 0.2) is 0 Å². The number of hydrogen-bond acceptors (Lipinski definition) is 1. The molecule has 0 radical (unpaired) electrons. The van der Waals surface area contributed by atoms with Gasteiger partial charge in [0.2, 0.25) is 0 Å². The maximum absolute atomic E-state index is 8.77. The standard InChI is InChI=1S/C10H11Cl.CHClO2/c11-10-6-4-9(5-7-10)8-2-1-3-8;2-1(3)4/h4-8H,1-3H2;(H,3,4). The molecule has 0 heterocycles. The molecule has 2 rings (SSSR count). The van der Waals surface area contributed by atoms with E-state index < -0.39 is 5.43 Å². The second kappa shape index (κ2) is 5.99. The highest BCUT2D eigenvalue weighted by Gasteiger charge is 2.18. The monoisotopic (exact) mass is 246 g/mol. The summed E-state index contributed by atoms with van der Waals surface area (Å²) in [5.74, 6) is 0.826. The van der Waals surface area contributed by atoms with Gasteiger partial charge in [-0.25, -0.2) is 4.79 Å². The molecule has 1 aliphatic carbocycles. The van der Waals surface area contributed by atoms with E-state index in [1.54, 1.807) is 0 Å². The molecule has 0 aromatic heterocycles. The average Bonchev–Trinajstić information content (AvgIpc) is 2.04. The van der Waals surface area contributed by atoms with Crippen LogP contribution < -0.4 is 0 Å². The molecule has 0 atom stereocenters. The van der Waals surface area contributed by atoms with Crippen molar-refractivity contribution in [3.05, 3.63) is 34.9 Å². The van der Waals surface area contributed by atoms with Crippen LogP contribution in [0, 0.1) is 0 Å². The lowest BCUT2D eigenvalue weighted by atomic mass is 9.80. The van der Waals surface area contributed by atoms with Gasteiger partial charge in [0.1, 0.15) is 0 Å². The third-order valence-electron chi connectivity index (χ3n) is 2.45. The fourth-order valence-corrected chi connectivity index (χ4v) is 1.60. The Hall–Kier alpha value is -0.730. The van der Waals surface area contributed by atoms with Crippen molar-refractivity contribution in [2.24, 2.45) is 0 Å². The van der Waals surface area contributed by atoms with E-state index >= 15 is 0 Å². The summed E-state index contributed by atoms with van der Waals surface area (Å²) in [6, 6.07) is 8.25. The van der Waals surface area contributed by atoms with Crippen molar-refractivity contribution in [2.75, 3.05) is 0 Å². The minimum absolute atomic E-state index is 0.826. The topological polar surface area (TPSA) is 37.3 Å². The van der Waals surface area contributed by atoms with Crippen molar-refractivity contribution < 1.29 is 9.90 Å². The van der Waals surface area contributed by atoms with Crippen molar-refractivity contribution in [3.8, 4) is 0 Å². The number of carbonyl (C=O) groups is 1. The summed E-state index contributed by atoms with van der Waals surface area (Å²) in [5.41, 5.74) is 0.0978. The molecule has 1 aliphatic rings. The molecule has 0 saturated heterocycles. The summed E-state index contributed by atoms with van der Waals surface area (Å²) in [5, 5.41) is 8.02. The second-order valence-electron chi connectivity index (χ2n) is 3.43. The molecule has 1 N–H and O–H groups in total. The Bertz CT molecular complexity index is 314. The molecule has 0 aliphatic heterocycles. The van der Waals surface area contributed by atoms with Crippen LogP contribution in [0.5, 0.6) is 0 Å². The van der Waals surface area contributed by atoms with Crippen LogP contribution in [0.25, 0.3) is 0 Å². The fourth-order valence-electron chi connectivity index (χ4n) is 1.48. The van der Waals surface area contributed by atoms with Crippen LogP contribution in [0.2, 0.25) is 5.02 Å². The third-order valence-corrected chi connectivity index (χ3v) is 2.70. The zero-order valence-electron chi connectivity index (χ0n) is 8.12. The van der Waals surface area contributed by atoms with Gasteiger partial charge in [0.05, 0.1) is 0 Å². The minimum Gasteiger partial charge on any atom is -0.469 e. The first-order valence-electron chi connectivity index (χ1n) is 4.73. The SMILES string of the molecule is Clc1ccc(C2CCC2)cc1.O=C(O)Cl. The molecule has 2 nitrogen and oxygen atoms in total. The Kier molecular flexibility index (Phi) is 4.92. The van der Waals surface area contributed by atoms with Crippen LogP contribution in [-0.4, -0.2) is 10.5 Å². The van der Waals surface area contributed by atoms with Crippen LogP contribution >= 0.6 is 23.2 Å². The molecular formula is C11H12Cl2O2. The Balaban J connectivity index is 0.000000245. The number of halogens is 2. The first-order chi connectivity index (χ1) is 7.09. The van der Waals surface area contributed by atoms with Crippen LogP contribution in [0.1, 0.15) is 30.7 Å². The van der Waals surface area contributed by atoms with E-state index in [9.17, 15) is 0 Å². The summed E-state index contributed by atoms with van der Waals surface area (Å²) in [6.07, 6.45) is 4.12. The highest BCUT2D eigenvalue weighted by atomic mass is 35.5. The minimum atomic E-state index is -1.36. The Labute approximate surface area is 98.8 Å². The number of carboxylic acid groups (broad SMARTS) is 1. The van der Waals surface area contributed by atoms with Crippen LogP contribution in [0.3, 0.4) is 0 Å². The molecule has 0 spiro atoms. The molecule has 4 heteroatoms. The average molecular weight is 247 g/mol. The van der Waals surface area contributed by atoms with Crippen LogP contribution in [0.15, 0.2) is 24.3 Å². The Morgan fingerprint density at radius 2 is 1.73 bits per heavy atom. The van der Waals surface area contributed by atoms with Crippen LogP contribution in [0.4, 0.5) is 4.79 Å². The van der Waals surface area contributed by atoms with E-state index in [-0.39, 0.29) is 0 Å². The second-order valence-corrected chi connectivity index (χ2v) is 4.19. The van der Waals surface area contributed by atoms with E-state index in [4.69, 9.17) is 21.5 Å². The van der Waals surface area contributed by atoms with Crippen molar-refractivity contribution >= 4 is 28.6 Å². The van der Waals surface area contributed by atoms with Gasteiger partial charge in [-0.2, -0.15) is 0 Å². The molecule has 1 aromatic carbocycles. The zero-order valence-corrected chi connectivity index (χ0v) is 9.63. The summed E-state index contributed by atoms with van der Waals surface area (Å²) in [7, 11) is 0. The van der Waals surface area contributed by atoms with Gasteiger partial charge >= 0.3 is 5.43 Å². The Morgan fingerprint density at radius 3 is 2.07 bits per heavy atom. The summed E-state index contributed by atoms with van der Waals surface area (Å²) in [6.45, 7) is 0. The molecule has 1 saturated carbocycles. The lowest BCUT2D eigenvalue weighted by Crippen LogP contribution is -2.07. The molecule has 0 bridgehead atoms. The third kappa shape index (κ3) is 4.54. The van der Waals surface area contributed by atoms with Crippen molar-refractivity contribution in [1.82, 2.24) is 0 Å². The van der Waals surface area contributed by atoms with Crippen molar-refractivity contribution in [1.29, 1.82) is 0 Å². The van der Waals surface area contributed by atoms with E-state index in [1.165, 1.54) is 24.8 Å². The number of benzene rings is 1. The predicted octanol–water partition coefficient (Wildman–Crippen LogP) is 4.51. The summed E-state index contributed by atoms with van der Waals surface area (Å²) < 4.78 is 0. The maximum atomic E-state index is 8.77. The molecular weight excluding hydrogens is 235 g/mol. The van der Waals surface area contributed by atoms with Gasteiger partial charge in [-0.1, -0.05) is 30.2 Å². The first kappa shape index (κ1) is 12.3. The van der Waals surface area contributed by atoms with E-state index in [0.29, 0.717) is 0 Å². The van der Waals surface area contributed by atoms with E-state index in [0.717, 1.165) is 10.9 Å². The number of hydrogen-bond donors (Lipinski definition) is 1. The van der Waals surface area contributed by atoms with Gasteiger partial charge in [-0.05, 0) is 36.5 Å². The smallest absolute Gasteiger partial charge is 0.401 e. The number of rotatable bonds is 1. The molecule has 82 valence electrons. The van der Waals surface area contributed by atoms with E-state index in [2.05, 4.69) is 23.7 Å². The van der Waals surface area contributed by atoms with Gasteiger partial charge in [-0.15, -0.1) is 0 Å². The van der Waals surface area contributed by atoms with Crippen molar-refractivity contribution in [2.45, 2.75) is 25.2 Å². The van der Waals surface area contributed by atoms with Gasteiger partial charge in [0.25, 0.3) is 0 Å². The lowest BCUT2D eigenvalue weighted by molar-refractivity contribution is 0.220. The van der Waals surface area contributed by atoms with Gasteiger partial charge in [-0.3, -0.25) is 0 Å². The first-order valence-corrected chi connectivity index (χ1v) is 5.49. The molecule has 1 fully saturated rings. The predicted molar refractivity (Wildman–Crippen MR) is 61.9 cm³/mol. The van der Waals surface area contributed by atoms with Gasteiger partial charge < -0.3 is 5.11 Å². The molecule has 15 heavy (non-hydrogen) atoms. The highest BCUT2D eigenvalue weighted by Crippen LogP contribution is 2.36. The van der Waals surface area contributed by atoms with Crippen molar-refractivity contribution in [3.63, 3.8) is 0 Å². The quantitative estimate of drug-likeness (QED) is 0.741. The summed E-state index contributed by atoms with van der Waals surface area (Å²) in [4.78, 5) is 8.77. The fraction of sp³-hybridized carbons (Fsp3) is 0.364. The highest BCUT2D eigenvalue weighted by molar-refractivity contribution is 6.60. The normalized spacial score (nSPS) is 14.8. The molecule has 1 aromatic rings. The zero-order chi connectivity index (χ0) is 11.3.